The van der Waals surface area contributed by atoms with E-state index in [-0.39, 0.29) is 6.01 Å². The van der Waals surface area contributed by atoms with E-state index in [0.717, 1.165) is 10.0 Å². The molecule has 0 aliphatic carbocycles. The lowest BCUT2D eigenvalue weighted by Gasteiger charge is -2.04. The predicted octanol–water partition coefficient (Wildman–Crippen LogP) is 2.69. The van der Waals surface area contributed by atoms with Gasteiger partial charge < -0.3 is 4.74 Å². The van der Waals surface area contributed by atoms with Gasteiger partial charge in [-0.15, -0.1) is 0 Å². The second-order valence-corrected chi connectivity index (χ2v) is 4.17. The standard InChI is InChI=1S/C12H8BrN3O/c13-10-3-1-9(2-4-10)8-17-12-15-6-5-11(7-14)16-12/h1-6H,8H2. The van der Waals surface area contributed by atoms with Crippen molar-refractivity contribution >= 4 is 15.9 Å². The zero-order valence-corrected chi connectivity index (χ0v) is 10.4. The Hall–Kier alpha value is -1.93. The molecular weight excluding hydrogens is 282 g/mol. The van der Waals surface area contributed by atoms with E-state index in [2.05, 4.69) is 25.9 Å². The van der Waals surface area contributed by atoms with Crippen molar-refractivity contribution in [3.63, 3.8) is 0 Å². The van der Waals surface area contributed by atoms with Gasteiger partial charge in [0.25, 0.3) is 0 Å². The van der Waals surface area contributed by atoms with E-state index in [4.69, 9.17) is 10.00 Å². The summed E-state index contributed by atoms with van der Waals surface area (Å²) < 4.78 is 6.40. The third-order valence-corrected chi connectivity index (χ3v) is 2.56. The number of aromatic nitrogens is 2. The average molecular weight is 290 g/mol. The largest absolute Gasteiger partial charge is 0.459 e. The van der Waals surface area contributed by atoms with Crippen molar-refractivity contribution < 1.29 is 4.74 Å². The van der Waals surface area contributed by atoms with Crippen LogP contribution in [-0.4, -0.2) is 9.97 Å². The molecular formula is C12H8BrN3O. The van der Waals surface area contributed by atoms with Crippen LogP contribution in [0.1, 0.15) is 11.3 Å². The van der Waals surface area contributed by atoms with E-state index < -0.39 is 0 Å². The number of rotatable bonds is 3. The molecule has 0 amide bonds. The molecule has 0 aliphatic rings. The fourth-order valence-corrected chi connectivity index (χ4v) is 1.47. The number of benzene rings is 1. The van der Waals surface area contributed by atoms with Gasteiger partial charge in [0.1, 0.15) is 18.4 Å². The van der Waals surface area contributed by atoms with Gasteiger partial charge in [0.15, 0.2) is 0 Å². The van der Waals surface area contributed by atoms with E-state index in [1.807, 2.05) is 30.3 Å². The lowest BCUT2D eigenvalue weighted by Crippen LogP contribution is -2.00. The highest BCUT2D eigenvalue weighted by Crippen LogP contribution is 2.12. The minimum Gasteiger partial charge on any atom is -0.459 e. The smallest absolute Gasteiger partial charge is 0.317 e. The fourth-order valence-electron chi connectivity index (χ4n) is 1.20. The summed E-state index contributed by atoms with van der Waals surface area (Å²) in [6.07, 6.45) is 1.50. The summed E-state index contributed by atoms with van der Waals surface area (Å²) in [7, 11) is 0. The Kier molecular flexibility index (Phi) is 3.68. The van der Waals surface area contributed by atoms with Crippen LogP contribution in [0.25, 0.3) is 0 Å². The average Bonchev–Trinajstić information content (AvgIpc) is 2.38. The molecule has 0 atom stereocenters. The molecule has 2 aromatic rings. The van der Waals surface area contributed by atoms with Gasteiger partial charge in [-0.3, -0.25) is 0 Å². The third-order valence-electron chi connectivity index (χ3n) is 2.03. The van der Waals surface area contributed by atoms with Crippen LogP contribution in [0, 0.1) is 11.3 Å². The molecule has 1 heterocycles. The van der Waals surface area contributed by atoms with Crippen LogP contribution in [0.2, 0.25) is 0 Å². The van der Waals surface area contributed by atoms with E-state index >= 15 is 0 Å². The van der Waals surface area contributed by atoms with Gasteiger partial charge in [0.05, 0.1) is 0 Å². The number of nitrogens with zero attached hydrogens (tertiary/aromatic N) is 3. The molecule has 0 unspecified atom stereocenters. The highest BCUT2D eigenvalue weighted by molar-refractivity contribution is 9.10. The van der Waals surface area contributed by atoms with E-state index in [1.54, 1.807) is 0 Å². The lowest BCUT2D eigenvalue weighted by atomic mass is 10.2. The molecule has 0 saturated carbocycles. The molecule has 0 N–H and O–H groups in total. The Morgan fingerprint density at radius 1 is 1.24 bits per heavy atom. The molecule has 5 heteroatoms. The zero-order chi connectivity index (χ0) is 12.1. The summed E-state index contributed by atoms with van der Waals surface area (Å²) >= 11 is 3.36. The highest BCUT2D eigenvalue weighted by Gasteiger charge is 2.00. The van der Waals surface area contributed by atoms with Crippen molar-refractivity contribution in [2.75, 3.05) is 0 Å². The number of ether oxygens (including phenoxy) is 1. The highest BCUT2D eigenvalue weighted by atomic mass is 79.9. The molecule has 1 aromatic carbocycles. The van der Waals surface area contributed by atoms with Crippen molar-refractivity contribution in [3.05, 3.63) is 52.3 Å². The van der Waals surface area contributed by atoms with Gasteiger partial charge in [-0.2, -0.15) is 10.2 Å². The van der Waals surface area contributed by atoms with E-state index in [0.29, 0.717) is 12.3 Å². The first-order valence-electron chi connectivity index (χ1n) is 4.88. The SMILES string of the molecule is N#Cc1ccnc(OCc2ccc(Br)cc2)n1. The van der Waals surface area contributed by atoms with Crippen LogP contribution in [0.5, 0.6) is 6.01 Å². The minimum atomic E-state index is 0.215. The third kappa shape index (κ3) is 3.26. The summed E-state index contributed by atoms with van der Waals surface area (Å²) in [6, 6.07) is 11.4. The van der Waals surface area contributed by atoms with Crippen molar-refractivity contribution in [2.24, 2.45) is 0 Å². The summed E-state index contributed by atoms with van der Waals surface area (Å²) in [5, 5.41) is 8.68. The molecule has 0 bridgehead atoms. The van der Waals surface area contributed by atoms with Gasteiger partial charge >= 0.3 is 6.01 Å². The van der Waals surface area contributed by atoms with Gasteiger partial charge in [0.2, 0.25) is 0 Å². The Morgan fingerprint density at radius 2 is 2.00 bits per heavy atom. The minimum absolute atomic E-state index is 0.215. The quantitative estimate of drug-likeness (QED) is 0.872. The molecule has 84 valence electrons. The van der Waals surface area contributed by atoms with E-state index in [1.165, 1.54) is 12.3 Å². The topological polar surface area (TPSA) is 58.8 Å². The molecule has 1 aromatic heterocycles. The molecule has 17 heavy (non-hydrogen) atoms. The van der Waals surface area contributed by atoms with Crippen LogP contribution in [0.15, 0.2) is 41.0 Å². The van der Waals surface area contributed by atoms with Gasteiger partial charge in [0, 0.05) is 10.7 Å². The Balaban J connectivity index is 2.02. The number of halogens is 1. The lowest BCUT2D eigenvalue weighted by molar-refractivity contribution is 0.280. The maximum atomic E-state index is 8.68. The number of hydrogen-bond acceptors (Lipinski definition) is 4. The second kappa shape index (κ2) is 5.41. The molecule has 0 radical (unpaired) electrons. The molecule has 0 saturated heterocycles. The van der Waals surface area contributed by atoms with Crippen LogP contribution < -0.4 is 4.74 Å². The van der Waals surface area contributed by atoms with Crippen molar-refractivity contribution in [3.8, 4) is 12.1 Å². The molecule has 0 fully saturated rings. The van der Waals surface area contributed by atoms with Crippen LogP contribution in [0.3, 0.4) is 0 Å². The van der Waals surface area contributed by atoms with Crippen molar-refractivity contribution in [1.82, 2.24) is 9.97 Å². The monoisotopic (exact) mass is 289 g/mol. The molecule has 0 aliphatic heterocycles. The summed E-state index contributed by atoms with van der Waals surface area (Å²) in [4.78, 5) is 7.85. The second-order valence-electron chi connectivity index (χ2n) is 3.25. The zero-order valence-electron chi connectivity index (χ0n) is 8.80. The predicted molar refractivity (Wildman–Crippen MR) is 65.2 cm³/mol. The summed E-state index contributed by atoms with van der Waals surface area (Å²) in [5.74, 6) is 0. The molecule has 4 nitrogen and oxygen atoms in total. The summed E-state index contributed by atoms with van der Waals surface area (Å²) in [5.41, 5.74) is 1.31. The maximum absolute atomic E-state index is 8.68. The first-order valence-corrected chi connectivity index (χ1v) is 5.67. The number of hydrogen-bond donors (Lipinski definition) is 0. The Morgan fingerprint density at radius 3 is 2.71 bits per heavy atom. The number of nitriles is 1. The molecule has 2 rings (SSSR count). The van der Waals surface area contributed by atoms with E-state index in [9.17, 15) is 0 Å². The van der Waals surface area contributed by atoms with Crippen molar-refractivity contribution in [1.29, 1.82) is 5.26 Å². The van der Waals surface area contributed by atoms with Gasteiger partial charge in [-0.05, 0) is 23.8 Å². The first kappa shape index (κ1) is 11.6. The van der Waals surface area contributed by atoms with Crippen molar-refractivity contribution in [2.45, 2.75) is 6.61 Å². The Labute approximate surface area is 107 Å². The molecule has 0 spiro atoms. The van der Waals surface area contributed by atoms with Gasteiger partial charge in [-0.25, -0.2) is 4.98 Å². The van der Waals surface area contributed by atoms with Gasteiger partial charge in [-0.1, -0.05) is 28.1 Å². The summed E-state index contributed by atoms with van der Waals surface area (Å²) in [6.45, 7) is 0.377. The fraction of sp³-hybridized carbons (Fsp3) is 0.0833. The normalized spacial score (nSPS) is 9.65. The first-order chi connectivity index (χ1) is 8.28. The maximum Gasteiger partial charge on any atom is 0.317 e. The van der Waals surface area contributed by atoms with Crippen LogP contribution in [0.4, 0.5) is 0 Å². The Bertz CT molecular complexity index is 548. The van der Waals surface area contributed by atoms with Crippen LogP contribution in [-0.2, 0) is 6.61 Å². The van der Waals surface area contributed by atoms with Crippen LogP contribution >= 0.6 is 15.9 Å².